The summed E-state index contributed by atoms with van der Waals surface area (Å²) >= 11 is 0. The number of hydrogen-bond acceptors (Lipinski definition) is 3. The van der Waals surface area contributed by atoms with E-state index in [0.29, 0.717) is 13.0 Å². The zero-order chi connectivity index (χ0) is 14.8. The zero-order valence-corrected chi connectivity index (χ0v) is 12.2. The van der Waals surface area contributed by atoms with Crippen molar-refractivity contribution >= 4 is 11.7 Å². The molecule has 0 radical (unpaired) electrons. The summed E-state index contributed by atoms with van der Waals surface area (Å²) in [7, 11) is 0. The number of nitrogens with one attached hydrogen (secondary N) is 1. The maximum atomic E-state index is 12.4. The fourth-order valence-electron chi connectivity index (χ4n) is 2.55. The Morgan fingerprint density at radius 3 is 3.00 bits per heavy atom. The van der Waals surface area contributed by atoms with Gasteiger partial charge in [0, 0.05) is 12.1 Å². The van der Waals surface area contributed by atoms with E-state index in [9.17, 15) is 4.79 Å². The normalized spacial score (nSPS) is 17.2. The number of rotatable bonds is 3. The summed E-state index contributed by atoms with van der Waals surface area (Å²) in [6, 6.07) is 9.88. The number of hydrogen-bond donors (Lipinski definition) is 1. The lowest BCUT2D eigenvalue weighted by atomic mass is 9.96. The molecule has 110 valence electrons. The van der Waals surface area contributed by atoms with Crippen molar-refractivity contribution in [2.75, 3.05) is 11.9 Å². The predicted molar refractivity (Wildman–Crippen MR) is 80.4 cm³/mol. The molecule has 0 fully saturated rings. The molecule has 1 aromatic heterocycles. The first-order valence-corrected chi connectivity index (χ1v) is 7.20. The molecule has 0 saturated carbocycles. The summed E-state index contributed by atoms with van der Waals surface area (Å²) in [6.45, 7) is 4.48. The fraction of sp³-hybridized carbons (Fsp3) is 0.375. The van der Waals surface area contributed by atoms with Gasteiger partial charge < -0.3 is 10.1 Å². The van der Waals surface area contributed by atoms with Gasteiger partial charge in [-0.2, -0.15) is 5.10 Å². The van der Waals surface area contributed by atoms with Crippen LogP contribution >= 0.6 is 0 Å². The molecule has 1 aliphatic rings. The quantitative estimate of drug-likeness (QED) is 0.943. The molecular formula is C16H19N3O2. The number of nitrogens with zero attached hydrogens (tertiary/aromatic N) is 2. The van der Waals surface area contributed by atoms with Gasteiger partial charge in [-0.3, -0.25) is 4.79 Å². The van der Waals surface area contributed by atoms with E-state index in [-0.39, 0.29) is 17.9 Å². The Bertz CT molecular complexity index is 648. The topological polar surface area (TPSA) is 56.2 Å². The van der Waals surface area contributed by atoms with E-state index in [1.54, 1.807) is 10.9 Å². The van der Waals surface area contributed by atoms with Crippen molar-refractivity contribution in [3.05, 3.63) is 42.1 Å². The van der Waals surface area contributed by atoms with Gasteiger partial charge in [0.05, 0.1) is 12.1 Å². The molecule has 1 atom stereocenters. The Hall–Kier alpha value is -2.30. The third kappa shape index (κ3) is 2.77. The van der Waals surface area contributed by atoms with E-state index in [1.807, 2.05) is 44.2 Å². The molecule has 3 rings (SSSR count). The second-order valence-corrected chi connectivity index (χ2v) is 5.56. The Labute approximate surface area is 123 Å². The van der Waals surface area contributed by atoms with E-state index in [0.717, 1.165) is 17.1 Å². The lowest BCUT2D eigenvalue weighted by molar-refractivity contribution is -0.121. The van der Waals surface area contributed by atoms with Crippen LogP contribution in [0.2, 0.25) is 0 Å². The average Bonchev–Trinajstić information content (AvgIpc) is 2.95. The number of fused-ring (bicyclic) bond motifs is 1. The SMILES string of the molecule is CC(C)n1nccc1NC(=O)C1COc2ccccc2C1. The van der Waals surface area contributed by atoms with E-state index >= 15 is 0 Å². The first kappa shape index (κ1) is 13.7. The van der Waals surface area contributed by atoms with Crippen LogP contribution in [-0.2, 0) is 11.2 Å². The standard InChI is InChI=1S/C16H19N3O2/c1-11(2)19-15(7-8-17-19)18-16(20)13-9-12-5-3-4-6-14(12)21-10-13/h3-8,11,13H,9-10H2,1-2H3,(H,18,20). The van der Waals surface area contributed by atoms with Gasteiger partial charge in [-0.1, -0.05) is 18.2 Å². The van der Waals surface area contributed by atoms with Gasteiger partial charge in [0.15, 0.2) is 0 Å². The van der Waals surface area contributed by atoms with Gasteiger partial charge in [0.1, 0.15) is 18.2 Å². The molecule has 5 heteroatoms. The summed E-state index contributed by atoms with van der Waals surface area (Å²) in [4.78, 5) is 12.4. The number of ether oxygens (including phenoxy) is 1. The number of para-hydroxylation sites is 1. The smallest absolute Gasteiger partial charge is 0.232 e. The first-order valence-electron chi connectivity index (χ1n) is 7.20. The molecule has 0 spiro atoms. The van der Waals surface area contributed by atoms with E-state index in [4.69, 9.17) is 4.74 Å². The number of aromatic nitrogens is 2. The van der Waals surface area contributed by atoms with Crippen LogP contribution in [0, 0.1) is 5.92 Å². The molecule has 2 aromatic rings. The van der Waals surface area contributed by atoms with Gasteiger partial charge in [0.2, 0.25) is 5.91 Å². The van der Waals surface area contributed by atoms with E-state index < -0.39 is 0 Å². The van der Waals surface area contributed by atoms with Crippen LogP contribution in [0.3, 0.4) is 0 Å². The number of benzene rings is 1. The van der Waals surface area contributed by atoms with Crippen LogP contribution in [0.5, 0.6) is 5.75 Å². The van der Waals surface area contributed by atoms with E-state index in [1.165, 1.54) is 0 Å². The molecule has 21 heavy (non-hydrogen) atoms. The minimum atomic E-state index is -0.171. The lowest BCUT2D eigenvalue weighted by Gasteiger charge is -2.24. The van der Waals surface area contributed by atoms with Crippen LogP contribution in [0.25, 0.3) is 0 Å². The number of carbonyl (C=O) groups is 1. The van der Waals surface area contributed by atoms with Gasteiger partial charge >= 0.3 is 0 Å². The molecule has 0 saturated heterocycles. The maximum absolute atomic E-state index is 12.4. The highest BCUT2D eigenvalue weighted by molar-refractivity contribution is 5.92. The van der Waals surface area contributed by atoms with Gasteiger partial charge in [-0.15, -0.1) is 0 Å². The third-order valence-corrected chi connectivity index (χ3v) is 3.66. The Morgan fingerprint density at radius 2 is 2.19 bits per heavy atom. The van der Waals surface area contributed by atoms with Crippen LogP contribution in [0.15, 0.2) is 36.5 Å². The largest absolute Gasteiger partial charge is 0.492 e. The number of amides is 1. The lowest BCUT2D eigenvalue weighted by Crippen LogP contribution is -2.33. The summed E-state index contributed by atoms with van der Waals surface area (Å²) in [6.07, 6.45) is 2.40. The van der Waals surface area contributed by atoms with E-state index in [2.05, 4.69) is 10.4 Å². The average molecular weight is 285 g/mol. The molecule has 0 bridgehead atoms. The third-order valence-electron chi connectivity index (χ3n) is 3.66. The Morgan fingerprint density at radius 1 is 1.38 bits per heavy atom. The molecule has 1 aromatic carbocycles. The molecule has 1 N–H and O–H groups in total. The minimum Gasteiger partial charge on any atom is -0.492 e. The summed E-state index contributed by atoms with van der Waals surface area (Å²) in [5.74, 6) is 1.42. The van der Waals surface area contributed by atoms with Crippen LogP contribution in [0.1, 0.15) is 25.5 Å². The maximum Gasteiger partial charge on any atom is 0.232 e. The Kier molecular flexibility index (Phi) is 3.64. The predicted octanol–water partition coefficient (Wildman–Crippen LogP) is 2.65. The van der Waals surface area contributed by atoms with Gasteiger partial charge in [-0.25, -0.2) is 4.68 Å². The highest BCUT2D eigenvalue weighted by Gasteiger charge is 2.26. The molecule has 1 amide bonds. The molecule has 5 nitrogen and oxygen atoms in total. The Balaban J connectivity index is 1.71. The van der Waals surface area contributed by atoms with Gasteiger partial charge in [-0.05, 0) is 31.9 Å². The van der Waals surface area contributed by atoms with Crippen molar-refractivity contribution in [1.82, 2.24) is 9.78 Å². The zero-order valence-electron chi connectivity index (χ0n) is 12.2. The van der Waals surface area contributed by atoms with Crippen molar-refractivity contribution in [1.29, 1.82) is 0 Å². The first-order chi connectivity index (χ1) is 10.1. The summed E-state index contributed by atoms with van der Waals surface area (Å²) in [5, 5.41) is 7.17. The van der Waals surface area contributed by atoms with Crippen molar-refractivity contribution in [2.24, 2.45) is 5.92 Å². The summed E-state index contributed by atoms with van der Waals surface area (Å²) < 4.78 is 7.47. The second kappa shape index (κ2) is 5.60. The molecular weight excluding hydrogens is 266 g/mol. The summed E-state index contributed by atoms with van der Waals surface area (Å²) in [5.41, 5.74) is 1.08. The molecule has 1 aliphatic heterocycles. The monoisotopic (exact) mass is 285 g/mol. The highest BCUT2D eigenvalue weighted by Crippen LogP contribution is 2.27. The van der Waals surface area contributed by atoms with Crippen LogP contribution in [0.4, 0.5) is 5.82 Å². The van der Waals surface area contributed by atoms with Crippen LogP contribution < -0.4 is 10.1 Å². The number of carbonyl (C=O) groups excluding carboxylic acids is 1. The molecule has 1 unspecified atom stereocenters. The van der Waals surface area contributed by atoms with Crippen molar-refractivity contribution in [2.45, 2.75) is 26.3 Å². The fourth-order valence-corrected chi connectivity index (χ4v) is 2.55. The molecule has 0 aliphatic carbocycles. The highest BCUT2D eigenvalue weighted by atomic mass is 16.5. The molecule has 2 heterocycles. The van der Waals surface area contributed by atoms with Gasteiger partial charge in [0.25, 0.3) is 0 Å². The van der Waals surface area contributed by atoms with Crippen molar-refractivity contribution < 1.29 is 9.53 Å². The van der Waals surface area contributed by atoms with Crippen molar-refractivity contribution in [3.8, 4) is 5.75 Å². The van der Waals surface area contributed by atoms with Crippen molar-refractivity contribution in [3.63, 3.8) is 0 Å². The minimum absolute atomic E-state index is 0.0214. The van der Waals surface area contributed by atoms with Crippen LogP contribution in [-0.4, -0.2) is 22.3 Å². The second-order valence-electron chi connectivity index (χ2n) is 5.56. The number of anilines is 1.